The van der Waals surface area contributed by atoms with Crippen LogP contribution in [-0.2, 0) is 15.9 Å². The average molecular weight is 489 g/mol. The zero-order valence-electron chi connectivity index (χ0n) is 18.4. The molecule has 0 aromatic heterocycles. The SMILES string of the molecule is CCCCCCCCCCOC(=O)c1ccccc1C(=O)OCCc1ccc(Br)cc1. The number of unbranched alkanes of at least 4 members (excludes halogenated alkanes) is 7. The summed E-state index contributed by atoms with van der Waals surface area (Å²) >= 11 is 3.40. The summed E-state index contributed by atoms with van der Waals surface area (Å²) in [5.41, 5.74) is 1.59. The van der Waals surface area contributed by atoms with Crippen LogP contribution in [0.15, 0.2) is 53.0 Å². The van der Waals surface area contributed by atoms with Gasteiger partial charge in [0.15, 0.2) is 0 Å². The number of carbonyl (C=O) groups is 2. The van der Waals surface area contributed by atoms with Crippen molar-refractivity contribution < 1.29 is 19.1 Å². The van der Waals surface area contributed by atoms with E-state index in [1.807, 2.05) is 24.3 Å². The third-order valence-electron chi connectivity index (χ3n) is 5.14. The van der Waals surface area contributed by atoms with Gasteiger partial charge in [-0.2, -0.15) is 0 Å². The Bertz CT molecular complexity index is 801. The van der Waals surface area contributed by atoms with E-state index in [4.69, 9.17) is 9.47 Å². The van der Waals surface area contributed by atoms with Crippen LogP contribution in [0.2, 0.25) is 0 Å². The van der Waals surface area contributed by atoms with Gasteiger partial charge < -0.3 is 9.47 Å². The molecule has 2 rings (SSSR count). The minimum Gasteiger partial charge on any atom is -0.462 e. The van der Waals surface area contributed by atoms with E-state index in [0.717, 1.165) is 22.9 Å². The Kier molecular flexibility index (Phi) is 12.0. The largest absolute Gasteiger partial charge is 0.462 e. The van der Waals surface area contributed by atoms with Gasteiger partial charge in [-0.25, -0.2) is 9.59 Å². The molecule has 0 spiro atoms. The van der Waals surface area contributed by atoms with Crippen LogP contribution in [0, 0.1) is 0 Å². The van der Waals surface area contributed by atoms with Gasteiger partial charge in [0.05, 0.1) is 24.3 Å². The maximum atomic E-state index is 12.5. The minimum absolute atomic E-state index is 0.249. The van der Waals surface area contributed by atoms with E-state index in [0.29, 0.717) is 13.0 Å². The molecular weight excluding hydrogens is 456 g/mol. The Hall–Kier alpha value is -2.14. The van der Waals surface area contributed by atoms with E-state index >= 15 is 0 Å². The van der Waals surface area contributed by atoms with E-state index in [9.17, 15) is 9.59 Å². The molecular formula is C26H33BrO4. The number of hydrogen-bond acceptors (Lipinski definition) is 4. The van der Waals surface area contributed by atoms with Crippen molar-refractivity contribution in [2.75, 3.05) is 13.2 Å². The molecule has 0 atom stereocenters. The van der Waals surface area contributed by atoms with Gasteiger partial charge in [0.25, 0.3) is 0 Å². The van der Waals surface area contributed by atoms with Gasteiger partial charge in [0.2, 0.25) is 0 Å². The van der Waals surface area contributed by atoms with Crippen molar-refractivity contribution >= 4 is 27.9 Å². The second-order valence-electron chi connectivity index (χ2n) is 7.67. The standard InChI is InChI=1S/C26H33BrO4/c1-2-3-4-5-6-7-8-11-19-30-25(28)23-12-9-10-13-24(23)26(29)31-20-18-21-14-16-22(27)17-15-21/h9-10,12-17H,2-8,11,18-20H2,1H3. The van der Waals surface area contributed by atoms with Gasteiger partial charge in [-0.3, -0.25) is 0 Å². The minimum atomic E-state index is -0.503. The molecule has 31 heavy (non-hydrogen) atoms. The highest BCUT2D eigenvalue weighted by molar-refractivity contribution is 9.10. The van der Waals surface area contributed by atoms with Crippen molar-refractivity contribution in [3.63, 3.8) is 0 Å². The molecule has 0 unspecified atom stereocenters. The Labute approximate surface area is 194 Å². The maximum Gasteiger partial charge on any atom is 0.339 e. The molecule has 0 bridgehead atoms. The van der Waals surface area contributed by atoms with Crippen molar-refractivity contribution in [1.29, 1.82) is 0 Å². The summed E-state index contributed by atoms with van der Waals surface area (Å²) in [5.74, 6) is -0.972. The van der Waals surface area contributed by atoms with Crippen LogP contribution in [0.4, 0.5) is 0 Å². The fraction of sp³-hybridized carbons (Fsp3) is 0.462. The highest BCUT2D eigenvalue weighted by atomic mass is 79.9. The average Bonchev–Trinajstić information content (AvgIpc) is 2.79. The summed E-state index contributed by atoms with van der Waals surface area (Å²) in [6.07, 6.45) is 10.1. The molecule has 0 heterocycles. The summed E-state index contributed by atoms with van der Waals surface area (Å²) in [6, 6.07) is 14.5. The summed E-state index contributed by atoms with van der Waals surface area (Å²) < 4.78 is 11.8. The van der Waals surface area contributed by atoms with Crippen LogP contribution in [0.25, 0.3) is 0 Å². The molecule has 0 saturated carbocycles. The predicted molar refractivity (Wildman–Crippen MR) is 127 cm³/mol. The van der Waals surface area contributed by atoms with Crippen molar-refractivity contribution in [3.8, 4) is 0 Å². The first-order valence-electron chi connectivity index (χ1n) is 11.3. The van der Waals surface area contributed by atoms with Crippen LogP contribution in [0.5, 0.6) is 0 Å². The van der Waals surface area contributed by atoms with Crippen LogP contribution >= 0.6 is 15.9 Å². The van der Waals surface area contributed by atoms with Crippen LogP contribution in [0.3, 0.4) is 0 Å². The van der Waals surface area contributed by atoms with E-state index in [1.54, 1.807) is 24.3 Å². The van der Waals surface area contributed by atoms with Crippen LogP contribution in [-0.4, -0.2) is 25.2 Å². The topological polar surface area (TPSA) is 52.6 Å². The van der Waals surface area contributed by atoms with Gasteiger partial charge in [-0.05, 0) is 36.2 Å². The molecule has 5 heteroatoms. The lowest BCUT2D eigenvalue weighted by atomic mass is 10.1. The lowest BCUT2D eigenvalue weighted by Gasteiger charge is -2.10. The smallest absolute Gasteiger partial charge is 0.339 e. The summed E-state index contributed by atoms with van der Waals surface area (Å²) in [7, 11) is 0. The van der Waals surface area contributed by atoms with Crippen LogP contribution < -0.4 is 0 Å². The van der Waals surface area contributed by atoms with Crippen molar-refractivity contribution in [1.82, 2.24) is 0 Å². The molecule has 4 nitrogen and oxygen atoms in total. The number of hydrogen-bond donors (Lipinski definition) is 0. The fourth-order valence-electron chi connectivity index (χ4n) is 3.31. The zero-order valence-corrected chi connectivity index (χ0v) is 20.0. The first-order chi connectivity index (χ1) is 15.1. The number of carbonyl (C=O) groups excluding carboxylic acids is 2. The van der Waals surface area contributed by atoms with E-state index in [2.05, 4.69) is 22.9 Å². The monoisotopic (exact) mass is 488 g/mol. The first-order valence-corrected chi connectivity index (χ1v) is 12.1. The van der Waals surface area contributed by atoms with Gasteiger partial charge in [-0.15, -0.1) is 0 Å². The van der Waals surface area contributed by atoms with E-state index < -0.39 is 11.9 Å². The predicted octanol–water partition coefficient (Wildman–Crippen LogP) is 7.15. The molecule has 0 N–H and O–H groups in total. The Morgan fingerprint density at radius 1 is 0.710 bits per heavy atom. The molecule has 0 amide bonds. The lowest BCUT2D eigenvalue weighted by molar-refractivity contribution is 0.0455. The molecule has 168 valence electrons. The Morgan fingerprint density at radius 2 is 1.23 bits per heavy atom. The summed E-state index contributed by atoms with van der Waals surface area (Å²) in [6.45, 7) is 2.85. The van der Waals surface area contributed by atoms with E-state index in [1.165, 1.54) is 38.5 Å². The molecule has 0 saturated heterocycles. The zero-order chi connectivity index (χ0) is 22.3. The number of ether oxygens (including phenoxy) is 2. The Balaban J connectivity index is 1.73. The third-order valence-corrected chi connectivity index (χ3v) is 5.66. The Morgan fingerprint density at radius 3 is 1.81 bits per heavy atom. The first kappa shape index (κ1) is 25.1. The molecule has 2 aromatic carbocycles. The number of esters is 2. The van der Waals surface area contributed by atoms with Crippen molar-refractivity contribution in [3.05, 3.63) is 69.7 Å². The van der Waals surface area contributed by atoms with E-state index in [-0.39, 0.29) is 17.7 Å². The molecule has 0 aliphatic rings. The fourth-order valence-corrected chi connectivity index (χ4v) is 3.57. The van der Waals surface area contributed by atoms with Crippen molar-refractivity contribution in [2.24, 2.45) is 0 Å². The summed E-state index contributed by atoms with van der Waals surface area (Å²) in [4.78, 5) is 25.0. The molecule has 0 aliphatic heterocycles. The van der Waals surface area contributed by atoms with Crippen LogP contribution in [0.1, 0.15) is 84.6 Å². The molecule has 2 aromatic rings. The quantitative estimate of drug-likeness (QED) is 0.209. The third kappa shape index (κ3) is 9.69. The maximum absolute atomic E-state index is 12.5. The lowest BCUT2D eigenvalue weighted by Crippen LogP contribution is -2.15. The van der Waals surface area contributed by atoms with Gasteiger partial charge >= 0.3 is 11.9 Å². The molecule has 0 aliphatic carbocycles. The highest BCUT2D eigenvalue weighted by Crippen LogP contribution is 2.15. The van der Waals surface area contributed by atoms with Gasteiger partial charge in [-0.1, -0.05) is 92.1 Å². The summed E-state index contributed by atoms with van der Waals surface area (Å²) in [5, 5.41) is 0. The van der Waals surface area contributed by atoms with Gasteiger partial charge in [0.1, 0.15) is 0 Å². The molecule has 0 radical (unpaired) electrons. The number of rotatable bonds is 14. The highest BCUT2D eigenvalue weighted by Gasteiger charge is 2.18. The number of benzene rings is 2. The second-order valence-corrected chi connectivity index (χ2v) is 8.58. The van der Waals surface area contributed by atoms with Crippen molar-refractivity contribution in [2.45, 2.75) is 64.7 Å². The normalized spacial score (nSPS) is 10.6. The molecule has 0 fully saturated rings. The van der Waals surface area contributed by atoms with Gasteiger partial charge in [0, 0.05) is 10.9 Å². The number of halogens is 1. The second kappa shape index (κ2) is 14.8.